The molecule has 0 bridgehead atoms. The number of hydrogen-bond acceptors (Lipinski definition) is 4. The lowest BCUT2D eigenvalue weighted by molar-refractivity contribution is -0.136. The topological polar surface area (TPSA) is 53.0 Å². The standard InChI is InChI=1S/C22H26N2O3/c1-27-21-12-16(8-9-20(21)25)14-24-15-18-7-3-2-6-17(18)13-19(24)22(26)23-10-4-5-11-23/h2-3,6-9,12,19,25H,4-5,10-11,13-15H2,1H3/t19-/m0/s1. The first-order valence-electron chi connectivity index (χ1n) is 9.61. The maximum atomic E-state index is 13.2. The number of likely N-dealkylation sites (tertiary alicyclic amines) is 1. The van der Waals surface area contributed by atoms with Gasteiger partial charge in [0.15, 0.2) is 11.5 Å². The fourth-order valence-electron chi connectivity index (χ4n) is 4.19. The van der Waals surface area contributed by atoms with Gasteiger partial charge in [-0.1, -0.05) is 30.3 Å². The molecular weight excluding hydrogens is 340 g/mol. The molecule has 1 amide bonds. The Morgan fingerprint density at radius 1 is 1.15 bits per heavy atom. The quantitative estimate of drug-likeness (QED) is 0.904. The number of benzene rings is 2. The highest BCUT2D eigenvalue weighted by atomic mass is 16.5. The minimum atomic E-state index is -0.141. The van der Waals surface area contributed by atoms with Gasteiger partial charge in [-0.3, -0.25) is 9.69 Å². The normalized spacial score (nSPS) is 19.7. The maximum absolute atomic E-state index is 13.2. The minimum absolute atomic E-state index is 0.134. The fourth-order valence-corrected chi connectivity index (χ4v) is 4.19. The van der Waals surface area contributed by atoms with E-state index in [1.165, 1.54) is 11.1 Å². The van der Waals surface area contributed by atoms with Crippen molar-refractivity contribution in [1.29, 1.82) is 0 Å². The summed E-state index contributed by atoms with van der Waals surface area (Å²) in [5.74, 6) is 0.843. The first-order chi connectivity index (χ1) is 13.2. The van der Waals surface area contributed by atoms with Crippen LogP contribution in [0.5, 0.6) is 11.5 Å². The van der Waals surface area contributed by atoms with Gasteiger partial charge in [-0.25, -0.2) is 0 Å². The summed E-state index contributed by atoms with van der Waals surface area (Å²) in [4.78, 5) is 17.5. The molecule has 0 radical (unpaired) electrons. The second-order valence-electron chi connectivity index (χ2n) is 7.43. The van der Waals surface area contributed by atoms with Crippen LogP contribution in [0.4, 0.5) is 0 Å². The average molecular weight is 366 g/mol. The molecule has 1 saturated heterocycles. The molecule has 1 N–H and O–H groups in total. The van der Waals surface area contributed by atoms with Crippen LogP contribution in [0.15, 0.2) is 42.5 Å². The highest BCUT2D eigenvalue weighted by Gasteiger charge is 2.35. The van der Waals surface area contributed by atoms with E-state index in [9.17, 15) is 9.90 Å². The van der Waals surface area contributed by atoms with Crippen LogP contribution in [0.2, 0.25) is 0 Å². The molecule has 0 saturated carbocycles. The van der Waals surface area contributed by atoms with Crippen molar-refractivity contribution in [3.63, 3.8) is 0 Å². The first-order valence-corrected chi connectivity index (χ1v) is 9.61. The average Bonchev–Trinajstić information content (AvgIpc) is 3.23. The van der Waals surface area contributed by atoms with Crippen LogP contribution in [0.1, 0.15) is 29.5 Å². The molecule has 0 aliphatic carbocycles. The number of carbonyl (C=O) groups excluding carboxylic acids is 1. The highest BCUT2D eigenvalue weighted by Crippen LogP contribution is 2.30. The summed E-state index contributed by atoms with van der Waals surface area (Å²) in [6, 6.07) is 13.7. The molecule has 2 aliphatic heterocycles. The van der Waals surface area contributed by atoms with E-state index in [1.807, 2.05) is 17.0 Å². The van der Waals surface area contributed by atoms with Gasteiger partial charge in [-0.2, -0.15) is 0 Å². The number of ether oxygens (including phenoxy) is 1. The molecule has 2 aliphatic rings. The van der Waals surface area contributed by atoms with E-state index in [2.05, 4.69) is 29.2 Å². The van der Waals surface area contributed by atoms with E-state index in [0.29, 0.717) is 12.3 Å². The number of amides is 1. The summed E-state index contributed by atoms with van der Waals surface area (Å²) < 4.78 is 5.24. The molecule has 4 rings (SSSR count). The number of nitrogens with zero attached hydrogens (tertiary/aromatic N) is 2. The van der Waals surface area contributed by atoms with Gasteiger partial charge in [-0.15, -0.1) is 0 Å². The van der Waals surface area contributed by atoms with Crippen LogP contribution in [0, 0.1) is 0 Å². The number of methoxy groups -OCH3 is 1. The highest BCUT2D eigenvalue weighted by molar-refractivity contribution is 5.83. The van der Waals surface area contributed by atoms with Gasteiger partial charge >= 0.3 is 0 Å². The molecule has 1 atom stereocenters. The zero-order valence-corrected chi connectivity index (χ0v) is 15.7. The van der Waals surface area contributed by atoms with E-state index < -0.39 is 0 Å². The Morgan fingerprint density at radius 2 is 1.89 bits per heavy atom. The first kappa shape index (κ1) is 17.9. The number of carbonyl (C=O) groups is 1. The Labute approximate surface area is 160 Å². The van der Waals surface area contributed by atoms with Gasteiger partial charge in [0.2, 0.25) is 5.91 Å². The Kier molecular flexibility index (Phi) is 5.03. The maximum Gasteiger partial charge on any atom is 0.240 e. The number of hydrogen-bond donors (Lipinski definition) is 1. The summed E-state index contributed by atoms with van der Waals surface area (Å²) in [5, 5.41) is 9.86. The number of aromatic hydroxyl groups is 1. The van der Waals surface area contributed by atoms with Gasteiger partial charge in [0.1, 0.15) is 0 Å². The number of phenols is 1. The summed E-state index contributed by atoms with van der Waals surface area (Å²) in [7, 11) is 1.55. The van der Waals surface area contributed by atoms with Crippen molar-refractivity contribution in [2.24, 2.45) is 0 Å². The van der Waals surface area contributed by atoms with E-state index in [1.54, 1.807) is 13.2 Å². The SMILES string of the molecule is COc1cc(CN2Cc3ccccc3C[C@H]2C(=O)N2CCCC2)ccc1O. The summed E-state index contributed by atoms with van der Waals surface area (Å²) in [6.45, 7) is 3.15. The van der Waals surface area contributed by atoms with Crippen LogP contribution in [-0.2, 0) is 24.3 Å². The molecule has 1 fully saturated rings. The van der Waals surface area contributed by atoms with E-state index >= 15 is 0 Å². The lowest BCUT2D eigenvalue weighted by Crippen LogP contribution is -2.50. The molecule has 0 aromatic heterocycles. The summed E-state index contributed by atoms with van der Waals surface area (Å²) in [6.07, 6.45) is 2.95. The second-order valence-corrected chi connectivity index (χ2v) is 7.43. The number of fused-ring (bicyclic) bond motifs is 1. The fraction of sp³-hybridized carbons (Fsp3) is 0.409. The molecule has 2 aromatic rings. The van der Waals surface area contributed by atoms with Crippen LogP contribution in [-0.4, -0.2) is 47.1 Å². The van der Waals surface area contributed by atoms with Gasteiger partial charge in [0.05, 0.1) is 13.2 Å². The molecule has 5 heteroatoms. The van der Waals surface area contributed by atoms with E-state index in [4.69, 9.17) is 4.74 Å². The molecule has 2 heterocycles. The van der Waals surface area contributed by atoms with Gasteiger partial charge in [-0.05, 0) is 48.1 Å². The number of rotatable bonds is 4. The third-order valence-electron chi connectivity index (χ3n) is 5.68. The predicted molar refractivity (Wildman–Crippen MR) is 104 cm³/mol. The molecule has 0 unspecified atom stereocenters. The van der Waals surface area contributed by atoms with Gasteiger partial charge in [0.25, 0.3) is 0 Å². The smallest absolute Gasteiger partial charge is 0.240 e. The van der Waals surface area contributed by atoms with Crippen molar-refractivity contribution >= 4 is 5.91 Å². The summed E-state index contributed by atoms with van der Waals surface area (Å²) >= 11 is 0. The third kappa shape index (κ3) is 3.65. The zero-order chi connectivity index (χ0) is 18.8. The lowest BCUT2D eigenvalue weighted by Gasteiger charge is -2.38. The van der Waals surface area contributed by atoms with Gasteiger partial charge < -0.3 is 14.7 Å². The lowest BCUT2D eigenvalue weighted by atomic mass is 9.92. The van der Waals surface area contributed by atoms with Crippen molar-refractivity contribution in [1.82, 2.24) is 9.80 Å². The van der Waals surface area contributed by atoms with Crippen molar-refractivity contribution in [2.45, 2.75) is 38.4 Å². The largest absolute Gasteiger partial charge is 0.504 e. The Hall–Kier alpha value is -2.53. The Balaban J connectivity index is 1.61. The Bertz CT molecular complexity index is 830. The Morgan fingerprint density at radius 3 is 2.63 bits per heavy atom. The molecule has 2 aromatic carbocycles. The van der Waals surface area contributed by atoms with Crippen LogP contribution >= 0.6 is 0 Å². The van der Waals surface area contributed by atoms with Crippen LogP contribution in [0.25, 0.3) is 0 Å². The molecular formula is C22H26N2O3. The van der Waals surface area contributed by atoms with E-state index in [-0.39, 0.29) is 17.7 Å². The monoisotopic (exact) mass is 366 g/mol. The molecule has 5 nitrogen and oxygen atoms in total. The number of phenolic OH excluding ortho intramolecular Hbond substituents is 1. The summed E-state index contributed by atoms with van der Waals surface area (Å²) in [5.41, 5.74) is 3.59. The van der Waals surface area contributed by atoms with E-state index in [0.717, 1.165) is 44.5 Å². The van der Waals surface area contributed by atoms with Crippen molar-refractivity contribution in [3.05, 3.63) is 59.2 Å². The molecule has 142 valence electrons. The van der Waals surface area contributed by atoms with Crippen molar-refractivity contribution in [2.75, 3.05) is 20.2 Å². The third-order valence-corrected chi connectivity index (χ3v) is 5.68. The van der Waals surface area contributed by atoms with Crippen LogP contribution in [0.3, 0.4) is 0 Å². The predicted octanol–water partition coefficient (Wildman–Crippen LogP) is 2.95. The molecule has 0 spiro atoms. The minimum Gasteiger partial charge on any atom is -0.504 e. The van der Waals surface area contributed by atoms with Crippen LogP contribution < -0.4 is 4.74 Å². The van der Waals surface area contributed by atoms with Crippen molar-refractivity contribution in [3.8, 4) is 11.5 Å². The second kappa shape index (κ2) is 7.61. The molecule has 27 heavy (non-hydrogen) atoms. The van der Waals surface area contributed by atoms with Crippen molar-refractivity contribution < 1.29 is 14.6 Å². The van der Waals surface area contributed by atoms with Gasteiger partial charge in [0, 0.05) is 26.2 Å². The zero-order valence-electron chi connectivity index (χ0n) is 15.7.